The number of imide groups is 1. The topological polar surface area (TPSA) is 37.4 Å². The van der Waals surface area contributed by atoms with E-state index in [9.17, 15) is 9.59 Å². The standard InChI is InChI=1S/C27H21NO2P.ClH/c29-26-24-18-10-11-19-25(24)27(30)28(26)20-31(21-12-4-1-5-13-21,22-14-6-2-7-15-22)23-16-8-3-9-17-23;/h1-19H,20H2;1H/q+1;/p-1. The maximum absolute atomic E-state index is 13.3. The minimum absolute atomic E-state index is 0. The van der Waals surface area contributed by atoms with Crippen LogP contribution >= 0.6 is 7.26 Å². The summed E-state index contributed by atoms with van der Waals surface area (Å²) >= 11 is 0. The summed E-state index contributed by atoms with van der Waals surface area (Å²) in [4.78, 5) is 28.1. The minimum Gasteiger partial charge on any atom is -1.00 e. The van der Waals surface area contributed by atoms with Crippen LogP contribution in [0.3, 0.4) is 0 Å². The molecule has 0 bridgehead atoms. The van der Waals surface area contributed by atoms with Gasteiger partial charge in [0.05, 0.1) is 11.1 Å². The summed E-state index contributed by atoms with van der Waals surface area (Å²) in [6.45, 7) is 0. The third kappa shape index (κ3) is 3.54. The molecule has 0 saturated heterocycles. The lowest BCUT2D eigenvalue weighted by Gasteiger charge is -2.30. The second kappa shape index (κ2) is 9.08. The number of rotatable bonds is 5. The predicted molar refractivity (Wildman–Crippen MR) is 127 cm³/mol. The van der Waals surface area contributed by atoms with Gasteiger partial charge in [0.1, 0.15) is 23.2 Å². The molecular weight excluding hydrogens is 437 g/mol. The summed E-state index contributed by atoms with van der Waals surface area (Å²) in [5, 5.41) is 3.43. The van der Waals surface area contributed by atoms with Gasteiger partial charge in [-0.05, 0) is 48.5 Å². The van der Waals surface area contributed by atoms with Crippen molar-refractivity contribution in [3.63, 3.8) is 0 Å². The van der Waals surface area contributed by atoms with E-state index < -0.39 is 7.26 Å². The molecule has 0 saturated carbocycles. The molecule has 4 aromatic rings. The summed E-state index contributed by atoms with van der Waals surface area (Å²) in [6.07, 6.45) is 0.331. The molecule has 3 nitrogen and oxygen atoms in total. The van der Waals surface area contributed by atoms with Gasteiger partial charge in [-0.1, -0.05) is 66.7 Å². The van der Waals surface area contributed by atoms with Crippen molar-refractivity contribution in [2.45, 2.75) is 0 Å². The van der Waals surface area contributed by atoms with Crippen LogP contribution in [0.15, 0.2) is 115 Å². The van der Waals surface area contributed by atoms with E-state index in [4.69, 9.17) is 0 Å². The molecule has 0 atom stereocenters. The molecule has 0 spiro atoms. The van der Waals surface area contributed by atoms with Crippen molar-refractivity contribution >= 4 is 35.0 Å². The van der Waals surface area contributed by atoms with Crippen molar-refractivity contribution in [3.8, 4) is 0 Å². The van der Waals surface area contributed by atoms with E-state index in [2.05, 4.69) is 36.4 Å². The van der Waals surface area contributed by atoms with Gasteiger partial charge in [0.25, 0.3) is 11.8 Å². The van der Waals surface area contributed by atoms with Crippen LogP contribution in [0.4, 0.5) is 0 Å². The highest BCUT2D eigenvalue weighted by Crippen LogP contribution is 2.56. The molecule has 0 unspecified atom stereocenters. The van der Waals surface area contributed by atoms with E-state index in [1.54, 1.807) is 12.1 Å². The summed E-state index contributed by atoms with van der Waals surface area (Å²) in [5.41, 5.74) is 0.972. The quantitative estimate of drug-likeness (QED) is 0.334. The molecular formula is C27H21ClNO2P. The van der Waals surface area contributed by atoms with E-state index in [0.717, 1.165) is 15.9 Å². The molecule has 158 valence electrons. The number of benzene rings is 4. The lowest BCUT2D eigenvalue weighted by atomic mass is 10.1. The number of carbonyl (C=O) groups excluding carboxylic acids is 2. The van der Waals surface area contributed by atoms with Gasteiger partial charge in [0, 0.05) is 0 Å². The highest BCUT2D eigenvalue weighted by Gasteiger charge is 2.51. The minimum atomic E-state index is -2.32. The number of fused-ring (bicyclic) bond motifs is 1. The monoisotopic (exact) mass is 457 g/mol. The van der Waals surface area contributed by atoms with Crippen molar-refractivity contribution < 1.29 is 22.0 Å². The fraction of sp³-hybridized carbons (Fsp3) is 0.0370. The molecule has 0 radical (unpaired) electrons. The third-order valence-electron chi connectivity index (χ3n) is 5.82. The van der Waals surface area contributed by atoms with Gasteiger partial charge in [-0.15, -0.1) is 0 Å². The summed E-state index contributed by atoms with van der Waals surface area (Å²) in [7, 11) is -2.32. The van der Waals surface area contributed by atoms with E-state index in [1.165, 1.54) is 4.90 Å². The van der Waals surface area contributed by atoms with Crippen LogP contribution in [0.25, 0.3) is 0 Å². The zero-order chi connectivity index (χ0) is 21.3. The highest BCUT2D eigenvalue weighted by atomic mass is 35.5. The van der Waals surface area contributed by atoms with E-state index in [1.807, 2.05) is 66.7 Å². The summed E-state index contributed by atoms with van der Waals surface area (Å²) in [5.74, 6) is -0.430. The Balaban J connectivity index is 0.00000245. The third-order valence-corrected chi connectivity index (χ3v) is 10.1. The number of hydrogen-bond acceptors (Lipinski definition) is 2. The van der Waals surface area contributed by atoms with Crippen molar-refractivity contribution in [3.05, 3.63) is 126 Å². The zero-order valence-electron chi connectivity index (χ0n) is 17.3. The first-order chi connectivity index (χ1) is 15.2. The molecule has 32 heavy (non-hydrogen) atoms. The Morgan fingerprint density at radius 1 is 0.500 bits per heavy atom. The van der Waals surface area contributed by atoms with E-state index in [0.29, 0.717) is 17.4 Å². The lowest BCUT2D eigenvalue weighted by molar-refractivity contribution is -0.0000280. The van der Waals surface area contributed by atoms with E-state index in [-0.39, 0.29) is 24.2 Å². The molecule has 0 aromatic heterocycles. The Labute approximate surface area is 194 Å². The van der Waals surface area contributed by atoms with Crippen LogP contribution in [-0.4, -0.2) is 23.0 Å². The van der Waals surface area contributed by atoms with Crippen LogP contribution in [-0.2, 0) is 0 Å². The van der Waals surface area contributed by atoms with Crippen molar-refractivity contribution in [2.24, 2.45) is 0 Å². The van der Waals surface area contributed by atoms with Gasteiger partial charge in [0.15, 0.2) is 6.29 Å². The fourth-order valence-electron chi connectivity index (χ4n) is 4.32. The molecule has 1 heterocycles. The first-order valence-electron chi connectivity index (χ1n) is 10.2. The van der Waals surface area contributed by atoms with Gasteiger partial charge in [-0.2, -0.15) is 0 Å². The molecule has 4 aromatic carbocycles. The summed E-state index contributed by atoms with van der Waals surface area (Å²) in [6, 6.07) is 37.9. The normalized spacial score (nSPS) is 12.9. The van der Waals surface area contributed by atoms with Crippen LogP contribution in [0, 0.1) is 0 Å². The van der Waals surface area contributed by atoms with Gasteiger partial charge >= 0.3 is 0 Å². The molecule has 2 amide bonds. The molecule has 0 fully saturated rings. The fourth-order valence-corrected chi connectivity index (χ4v) is 8.43. The number of nitrogens with zero attached hydrogens (tertiary/aromatic N) is 1. The molecule has 0 aliphatic carbocycles. The van der Waals surface area contributed by atoms with Crippen molar-refractivity contribution in [1.82, 2.24) is 4.90 Å². The number of halogens is 1. The van der Waals surface area contributed by atoms with Gasteiger partial charge in [-0.3, -0.25) is 9.59 Å². The van der Waals surface area contributed by atoms with Gasteiger partial charge in [0.2, 0.25) is 0 Å². The first kappa shape index (κ1) is 22.0. The number of carbonyl (C=O) groups is 2. The maximum Gasteiger partial charge on any atom is 0.264 e. The number of hydrogen-bond donors (Lipinski definition) is 0. The molecule has 5 rings (SSSR count). The van der Waals surface area contributed by atoms with E-state index >= 15 is 0 Å². The van der Waals surface area contributed by atoms with Crippen LogP contribution < -0.4 is 28.3 Å². The largest absolute Gasteiger partial charge is 1.00 e. The molecule has 0 N–H and O–H groups in total. The Morgan fingerprint density at radius 3 is 1.16 bits per heavy atom. The number of amides is 2. The average Bonchev–Trinajstić information content (AvgIpc) is 3.09. The second-order valence-corrected chi connectivity index (χ2v) is 11.0. The SMILES string of the molecule is O=C1c2ccccc2C(=O)N1C[P+](c1ccccc1)(c1ccccc1)c1ccccc1.[Cl-]. The average molecular weight is 458 g/mol. The second-order valence-electron chi connectivity index (χ2n) is 7.54. The Morgan fingerprint density at radius 2 is 0.812 bits per heavy atom. The summed E-state index contributed by atoms with van der Waals surface area (Å²) < 4.78 is 0. The molecule has 1 aliphatic heterocycles. The van der Waals surface area contributed by atoms with Crippen LogP contribution in [0.5, 0.6) is 0 Å². The Kier molecular flexibility index (Phi) is 6.23. The van der Waals surface area contributed by atoms with Crippen molar-refractivity contribution in [2.75, 3.05) is 6.29 Å². The first-order valence-corrected chi connectivity index (χ1v) is 12.2. The predicted octanol–water partition coefficient (Wildman–Crippen LogP) is 1.24. The van der Waals surface area contributed by atoms with Crippen LogP contribution in [0.1, 0.15) is 20.7 Å². The van der Waals surface area contributed by atoms with Crippen LogP contribution in [0.2, 0.25) is 0 Å². The molecule has 5 heteroatoms. The maximum atomic E-state index is 13.3. The smallest absolute Gasteiger partial charge is 0.264 e. The van der Waals surface area contributed by atoms with Gasteiger partial charge in [-0.25, -0.2) is 4.90 Å². The van der Waals surface area contributed by atoms with Crippen molar-refractivity contribution in [1.29, 1.82) is 0 Å². The zero-order valence-corrected chi connectivity index (χ0v) is 18.9. The Bertz CT molecular complexity index is 1110. The molecule has 1 aliphatic rings. The Hall–Kier alpha value is -3.26. The highest BCUT2D eigenvalue weighted by molar-refractivity contribution is 7.95. The van der Waals surface area contributed by atoms with Gasteiger partial charge < -0.3 is 12.4 Å². The lowest BCUT2D eigenvalue weighted by Crippen LogP contribution is -3.00.